The van der Waals surface area contributed by atoms with Gasteiger partial charge in [0.1, 0.15) is 0 Å². The molecule has 7 heteroatoms. The molecule has 5 nitrogen and oxygen atoms in total. The molecule has 3 aromatic rings. The van der Waals surface area contributed by atoms with Crippen LogP contribution in [0.15, 0.2) is 41.9 Å². The van der Waals surface area contributed by atoms with E-state index in [9.17, 15) is 8.42 Å². The van der Waals surface area contributed by atoms with Gasteiger partial charge >= 0.3 is 0 Å². The molecule has 1 aromatic carbocycles. The number of nitrogens with zero attached hydrogens (tertiary/aromatic N) is 1. The number of thiophene rings is 1. The predicted molar refractivity (Wildman–Crippen MR) is 115 cm³/mol. The van der Waals surface area contributed by atoms with E-state index in [1.807, 2.05) is 0 Å². The number of aromatic amines is 1. The van der Waals surface area contributed by atoms with E-state index in [1.54, 1.807) is 22.8 Å². The van der Waals surface area contributed by atoms with Crippen molar-refractivity contribution in [2.45, 2.75) is 25.2 Å². The van der Waals surface area contributed by atoms with Crippen molar-refractivity contribution in [3.63, 3.8) is 0 Å². The molecular weight excluding hydrogens is 392 g/mol. The zero-order valence-electron chi connectivity index (χ0n) is 16.1. The fourth-order valence-corrected chi connectivity index (χ4v) is 6.27. The van der Waals surface area contributed by atoms with Gasteiger partial charge in [-0.1, -0.05) is 12.1 Å². The molecule has 0 bridgehead atoms. The first-order chi connectivity index (χ1) is 13.6. The number of rotatable bonds is 7. The molecule has 1 aliphatic rings. The first-order valence-corrected chi connectivity index (χ1v) is 12.2. The van der Waals surface area contributed by atoms with Crippen LogP contribution in [0.4, 0.5) is 0 Å². The third-order valence-electron chi connectivity index (χ3n) is 5.56. The normalized spacial score (nSPS) is 16.8. The molecule has 1 N–H and O–H groups in total. The van der Waals surface area contributed by atoms with Gasteiger partial charge in [-0.05, 0) is 59.9 Å². The molecule has 28 heavy (non-hydrogen) atoms. The van der Waals surface area contributed by atoms with E-state index in [1.165, 1.54) is 21.4 Å². The van der Waals surface area contributed by atoms with E-state index >= 15 is 0 Å². The maximum Gasteiger partial charge on any atom is 0.214 e. The zero-order valence-corrected chi connectivity index (χ0v) is 17.7. The largest absolute Gasteiger partial charge is 0.385 e. The Kier molecular flexibility index (Phi) is 5.87. The van der Waals surface area contributed by atoms with Crippen molar-refractivity contribution in [3.05, 3.63) is 47.5 Å². The van der Waals surface area contributed by atoms with Crippen molar-refractivity contribution in [2.24, 2.45) is 0 Å². The van der Waals surface area contributed by atoms with Crippen LogP contribution >= 0.6 is 11.3 Å². The van der Waals surface area contributed by atoms with Crippen molar-refractivity contribution in [3.8, 4) is 10.4 Å². The molecule has 0 atom stereocenters. The Balaban J connectivity index is 1.49. The van der Waals surface area contributed by atoms with Gasteiger partial charge in [-0.25, -0.2) is 12.7 Å². The summed E-state index contributed by atoms with van der Waals surface area (Å²) in [5, 5.41) is 3.35. The molecule has 150 valence electrons. The van der Waals surface area contributed by atoms with E-state index < -0.39 is 10.0 Å². The lowest BCUT2D eigenvalue weighted by Gasteiger charge is -2.31. The van der Waals surface area contributed by atoms with E-state index in [-0.39, 0.29) is 5.75 Å². The maximum atomic E-state index is 12.5. The standard InChI is InChI=1S/C21H26N2O3S2/c1-26-11-3-13-28(24,25)23-9-7-16(8-10-23)19-15-22-20-6-5-17(14-18(19)20)21-4-2-12-27-21/h2,4-6,12,14-16,22H,3,7-11,13H2,1H3. The molecule has 4 rings (SSSR count). The van der Waals surface area contributed by atoms with Gasteiger partial charge in [0.2, 0.25) is 10.0 Å². The summed E-state index contributed by atoms with van der Waals surface area (Å²) < 4.78 is 31.7. The lowest BCUT2D eigenvalue weighted by molar-refractivity contribution is 0.199. The fourth-order valence-electron chi connectivity index (χ4n) is 4.04. The van der Waals surface area contributed by atoms with E-state index in [2.05, 4.69) is 46.9 Å². The van der Waals surface area contributed by atoms with Crippen molar-refractivity contribution in [1.82, 2.24) is 9.29 Å². The van der Waals surface area contributed by atoms with Crippen LogP contribution in [-0.2, 0) is 14.8 Å². The summed E-state index contributed by atoms with van der Waals surface area (Å²) >= 11 is 1.75. The van der Waals surface area contributed by atoms with Crippen molar-refractivity contribution in [1.29, 1.82) is 0 Å². The molecular formula is C21H26N2O3S2. The smallest absolute Gasteiger partial charge is 0.214 e. The van der Waals surface area contributed by atoms with Crippen molar-refractivity contribution >= 4 is 32.3 Å². The van der Waals surface area contributed by atoms with Gasteiger partial charge in [-0.3, -0.25) is 0 Å². The Labute approximate surface area is 170 Å². The minimum Gasteiger partial charge on any atom is -0.385 e. The van der Waals surface area contributed by atoms with E-state index in [0.29, 0.717) is 32.0 Å². The molecule has 1 aliphatic heterocycles. The second-order valence-corrected chi connectivity index (χ2v) is 10.4. The SMILES string of the molecule is COCCCS(=O)(=O)N1CCC(c2c[nH]c3ccc(-c4cccs4)cc23)CC1. The number of ether oxygens (including phenoxy) is 1. The Morgan fingerprint density at radius 2 is 2.07 bits per heavy atom. The van der Waals surface area contributed by atoms with Crippen LogP contribution in [-0.4, -0.2) is 50.3 Å². The molecule has 0 saturated carbocycles. The first kappa shape index (κ1) is 19.6. The van der Waals surface area contributed by atoms with Crippen LogP contribution < -0.4 is 0 Å². The third kappa shape index (κ3) is 4.03. The number of H-pyrrole nitrogens is 1. The summed E-state index contributed by atoms with van der Waals surface area (Å²) in [5.41, 5.74) is 3.69. The number of methoxy groups -OCH3 is 1. The number of hydrogen-bond acceptors (Lipinski definition) is 4. The minimum absolute atomic E-state index is 0.169. The molecule has 0 amide bonds. The van der Waals surface area contributed by atoms with Crippen LogP contribution in [0.1, 0.15) is 30.7 Å². The molecule has 2 aromatic heterocycles. The minimum atomic E-state index is -3.18. The van der Waals surface area contributed by atoms with Gasteiger partial charge in [0.25, 0.3) is 0 Å². The lowest BCUT2D eigenvalue weighted by Crippen LogP contribution is -2.39. The number of benzene rings is 1. The molecule has 0 spiro atoms. The second kappa shape index (κ2) is 8.37. The van der Waals surface area contributed by atoms with Crippen LogP contribution in [0.5, 0.6) is 0 Å². The monoisotopic (exact) mass is 418 g/mol. The highest BCUT2D eigenvalue weighted by Crippen LogP contribution is 2.36. The molecule has 1 saturated heterocycles. The van der Waals surface area contributed by atoms with E-state index in [0.717, 1.165) is 18.4 Å². The predicted octanol–water partition coefficient (Wildman–Crippen LogP) is 4.44. The van der Waals surface area contributed by atoms with Gasteiger partial charge in [0.05, 0.1) is 5.75 Å². The van der Waals surface area contributed by atoms with Crippen LogP contribution in [0, 0.1) is 0 Å². The average molecular weight is 419 g/mol. The maximum absolute atomic E-state index is 12.5. The van der Waals surface area contributed by atoms with Crippen molar-refractivity contribution < 1.29 is 13.2 Å². The first-order valence-electron chi connectivity index (χ1n) is 9.70. The van der Waals surface area contributed by atoms with Gasteiger partial charge in [-0.2, -0.15) is 0 Å². The number of nitrogens with one attached hydrogen (secondary N) is 1. The van der Waals surface area contributed by atoms with E-state index in [4.69, 9.17) is 4.74 Å². The summed E-state index contributed by atoms with van der Waals surface area (Å²) in [7, 11) is -1.58. The topological polar surface area (TPSA) is 62.4 Å². The number of sulfonamides is 1. The van der Waals surface area contributed by atoms with Crippen LogP contribution in [0.25, 0.3) is 21.3 Å². The highest BCUT2D eigenvalue weighted by atomic mass is 32.2. The fraction of sp³-hybridized carbons (Fsp3) is 0.429. The van der Waals surface area contributed by atoms with Gasteiger partial charge < -0.3 is 9.72 Å². The Hall–Kier alpha value is -1.67. The van der Waals surface area contributed by atoms with Crippen LogP contribution in [0.2, 0.25) is 0 Å². The molecule has 1 fully saturated rings. The summed E-state index contributed by atoms with van der Waals surface area (Å²) in [6, 6.07) is 10.8. The summed E-state index contributed by atoms with van der Waals surface area (Å²) in [5.74, 6) is 0.556. The Bertz CT molecular complexity index is 1020. The average Bonchev–Trinajstić information content (AvgIpc) is 3.38. The van der Waals surface area contributed by atoms with Gasteiger partial charge in [-0.15, -0.1) is 11.3 Å². The zero-order chi connectivity index (χ0) is 19.6. The third-order valence-corrected chi connectivity index (χ3v) is 8.43. The van der Waals surface area contributed by atoms with Gasteiger partial charge in [0.15, 0.2) is 0 Å². The molecule has 0 radical (unpaired) electrons. The summed E-state index contributed by atoms with van der Waals surface area (Å²) in [6.07, 6.45) is 4.38. The molecule has 0 unspecified atom stereocenters. The summed E-state index contributed by atoms with van der Waals surface area (Å²) in [4.78, 5) is 4.66. The number of fused-ring (bicyclic) bond motifs is 1. The lowest BCUT2D eigenvalue weighted by atomic mass is 9.89. The Morgan fingerprint density at radius 3 is 2.79 bits per heavy atom. The van der Waals surface area contributed by atoms with Crippen LogP contribution in [0.3, 0.4) is 0 Å². The highest BCUT2D eigenvalue weighted by molar-refractivity contribution is 7.89. The quantitative estimate of drug-likeness (QED) is 0.577. The number of aromatic nitrogens is 1. The Morgan fingerprint density at radius 1 is 1.25 bits per heavy atom. The summed E-state index contributed by atoms with van der Waals surface area (Å²) in [6.45, 7) is 1.67. The van der Waals surface area contributed by atoms with Gasteiger partial charge in [0, 0.05) is 48.8 Å². The second-order valence-electron chi connectivity index (χ2n) is 7.32. The molecule has 0 aliphatic carbocycles. The number of hydrogen-bond donors (Lipinski definition) is 1. The number of piperidine rings is 1. The molecule has 3 heterocycles. The van der Waals surface area contributed by atoms with Crippen molar-refractivity contribution in [2.75, 3.05) is 32.6 Å². The highest BCUT2D eigenvalue weighted by Gasteiger charge is 2.29.